The topological polar surface area (TPSA) is 105 Å². The molecular formula is C28H37N3O6S. The Morgan fingerprint density at radius 2 is 1.82 bits per heavy atom. The lowest BCUT2D eigenvalue weighted by molar-refractivity contribution is -0.141. The molecule has 0 aromatic heterocycles. The Labute approximate surface area is 225 Å². The molecule has 38 heavy (non-hydrogen) atoms. The van der Waals surface area contributed by atoms with Crippen molar-refractivity contribution in [3.8, 4) is 11.5 Å². The average Bonchev–Trinajstić information content (AvgIpc) is 3.55. The van der Waals surface area contributed by atoms with E-state index in [4.69, 9.17) is 9.47 Å². The van der Waals surface area contributed by atoms with Gasteiger partial charge in [0.05, 0.1) is 11.9 Å². The van der Waals surface area contributed by atoms with E-state index in [-0.39, 0.29) is 37.6 Å². The summed E-state index contributed by atoms with van der Waals surface area (Å²) in [7, 11) is -3.60. The number of nitrogens with one attached hydrogen (secondary N) is 1. The van der Waals surface area contributed by atoms with Gasteiger partial charge in [-0.1, -0.05) is 42.7 Å². The minimum atomic E-state index is -3.60. The third-order valence-electron chi connectivity index (χ3n) is 7.10. The first kappa shape index (κ1) is 27.8. The van der Waals surface area contributed by atoms with Crippen LogP contribution in [0.3, 0.4) is 0 Å². The number of benzene rings is 2. The molecule has 2 aromatic carbocycles. The fraction of sp³-hybridized carbons (Fsp3) is 0.500. The quantitative estimate of drug-likeness (QED) is 0.463. The highest BCUT2D eigenvalue weighted by Crippen LogP contribution is 2.36. The van der Waals surface area contributed by atoms with Crippen LogP contribution in [0.4, 0.5) is 5.69 Å². The third kappa shape index (κ3) is 6.98. The maximum absolute atomic E-state index is 13.5. The molecule has 0 saturated heterocycles. The highest BCUT2D eigenvalue weighted by Gasteiger charge is 2.29. The number of carbonyl (C=O) groups excluding carboxylic acids is 2. The van der Waals surface area contributed by atoms with Gasteiger partial charge < -0.3 is 19.7 Å². The second kappa shape index (κ2) is 12.1. The molecule has 1 saturated carbocycles. The molecule has 10 heteroatoms. The molecule has 1 N–H and O–H groups in total. The maximum atomic E-state index is 13.5. The lowest BCUT2D eigenvalue weighted by Crippen LogP contribution is -2.49. The maximum Gasteiger partial charge on any atom is 0.242 e. The molecule has 206 valence electrons. The lowest BCUT2D eigenvalue weighted by Gasteiger charge is -2.30. The molecule has 1 aliphatic carbocycles. The Balaban J connectivity index is 1.45. The van der Waals surface area contributed by atoms with Crippen LogP contribution in [-0.2, 0) is 26.2 Å². The highest BCUT2D eigenvalue weighted by atomic mass is 32.2. The van der Waals surface area contributed by atoms with Gasteiger partial charge in [0.15, 0.2) is 11.5 Å². The number of sulfonamides is 1. The minimum Gasteiger partial charge on any atom is -0.454 e. The standard InChI is InChI=1S/C28H37N3O6S/c1-20-8-6-9-22(16-20)18-30(21(2)28(33)29-23-10-4-5-11-23)27(32)12-7-15-31(38(3,34)35)24-13-14-25-26(17-24)37-19-36-25/h6,8-9,13-14,16-17,21,23H,4-5,7,10-12,15,18-19H2,1-3H3,(H,29,33)/t21-/m0/s1. The number of anilines is 1. The van der Waals surface area contributed by atoms with E-state index < -0.39 is 16.1 Å². The van der Waals surface area contributed by atoms with Crippen LogP contribution in [0.15, 0.2) is 42.5 Å². The summed E-state index contributed by atoms with van der Waals surface area (Å²) in [6.45, 7) is 4.26. The Hall–Kier alpha value is -3.27. The van der Waals surface area contributed by atoms with Crippen LogP contribution in [0, 0.1) is 6.92 Å². The molecule has 1 heterocycles. The molecule has 2 aliphatic rings. The van der Waals surface area contributed by atoms with Gasteiger partial charge in [-0.15, -0.1) is 0 Å². The van der Waals surface area contributed by atoms with Crippen molar-refractivity contribution in [3.63, 3.8) is 0 Å². The minimum absolute atomic E-state index is 0.0927. The molecule has 9 nitrogen and oxygen atoms in total. The normalized spacial score (nSPS) is 15.8. The van der Waals surface area contributed by atoms with Crippen molar-refractivity contribution in [2.24, 2.45) is 0 Å². The number of hydrogen-bond acceptors (Lipinski definition) is 6. The predicted octanol–water partition coefficient (Wildman–Crippen LogP) is 3.75. The summed E-state index contributed by atoms with van der Waals surface area (Å²) in [5, 5.41) is 3.10. The van der Waals surface area contributed by atoms with Gasteiger partial charge in [-0.3, -0.25) is 13.9 Å². The molecule has 0 unspecified atom stereocenters. The summed E-state index contributed by atoms with van der Waals surface area (Å²) in [4.78, 5) is 28.2. The van der Waals surface area contributed by atoms with E-state index in [0.717, 1.165) is 43.1 Å². The Morgan fingerprint density at radius 3 is 2.53 bits per heavy atom. The summed E-state index contributed by atoms with van der Waals surface area (Å²) < 4.78 is 37.2. The van der Waals surface area contributed by atoms with Gasteiger partial charge in [0.1, 0.15) is 6.04 Å². The first-order valence-corrected chi connectivity index (χ1v) is 15.0. The third-order valence-corrected chi connectivity index (χ3v) is 8.29. The van der Waals surface area contributed by atoms with Gasteiger partial charge in [0.2, 0.25) is 28.6 Å². The SMILES string of the molecule is Cc1cccc(CN(C(=O)CCCN(c2ccc3c(c2)OCO3)S(C)(=O)=O)[C@@H](C)C(=O)NC2CCCC2)c1. The number of hydrogen-bond donors (Lipinski definition) is 1. The molecule has 1 atom stereocenters. The van der Waals surface area contributed by atoms with E-state index in [0.29, 0.717) is 30.2 Å². The van der Waals surface area contributed by atoms with E-state index >= 15 is 0 Å². The summed E-state index contributed by atoms with van der Waals surface area (Å²) in [6, 6.07) is 12.4. The molecule has 2 amide bonds. The van der Waals surface area contributed by atoms with E-state index in [1.165, 1.54) is 4.31 Å². The molecular weight excluding hydrogens is 506 g/mol. The zero-order valence-corrected chi connectivity index (χ0v) is 23.1. The Bertz CT molecular complexity index is 1260. The van der Waals surface area contributed by atoms with Crippen molar-refractivity contribution in [2.75, 3.05) is 23.9 Å². The number of ether oxygens (including phenoxy) is 2. The zero-order valence-electron chi connectivity index (χ0n) is 22.3. The number of fused-ring (bicyclic) bond motifs is 1. The van der Waals surface area contributed by atoms with Crippen molar-refractivity contribution < 1.29 is 27.5 Å². The second-order valence-corrected chi connectivity index (χ2v) is 12.1. The zero-order chi connectivity index (χ0) is 27.3. The Morgan fingerprint density at radius 1 is 1.08 bits per heavy atom. The van der Waals surface area contributed by atoms with E-state index in [9.17, 15) is 18.0 Å². The van der Waals surface area contributed by atoms with Gasteiger partial charge in [-0.05, 0) is 50.8 Å². The van der Waals surface area contributed by atoms with Crippen molar-refractivity contribution in [1.82, 2.24) is 10.2 Å². The first-order chi connectivity index (χ1) is 18.1. The summed E-state index contributed by atoms with van der Waals surface area (Å²) in [5.74, 6) is 0.698. The van der Waals surface area contributed by atoms with Crippen LogP contribution in [0.25, 0.3) is 0 Å². The monoisotopic (exact) mass is 543 g/mol. The number of carbonyl (C=O) groups is 2. The van der Waals surface area contributed by atoms with Gasteiger partial charge in [0, 0.05) is 31.6 Å². The van der Waals surface area contributed by atoms with E-state index in [2.05, 4.69) is 5.32 Å². The number of aryl methyl sites for hydroxylation is 1. The summed E-state index contributed by atoms with van der Waals surface area (Å²) in [5.41, 5.74) is 2.47. The van der Waals surface area contributed by atoms with Crippen LogP contribution in [0.1, 0.15) is 56.6 Å². The number of rotatable bonds is 11. The van der Waals surface area contributed by atoms with E-state index in [1.807, 2.05) is 31.2 Å². The average molecular weight is 544 g/mol. The van der Waals surface area contributed by atoms with Crippen molar-refractivity contribution in [2.45, 2.75) is 71.0 Å². The molecule has 0 spiro atoms. The summed E-state index contributed by atoms with van der Waals surface area (Å²) >= 11 is 0. The number of amides is 2. The van der Waals surface area contributed by atoms with E-state index in [1.54, 1.807) is 30.0 Å². The fourth-order valence-corrected chi connectivity index (χ4v) is 5.98. The molecule has 4 rings (SSSR count). The van der Waals surface area contributed by atoms with Crippen LogP contribution in [0.2, 0.25) is 0 Å². The largest absolute Gasteiger partial charge is 0.454 e. The van der Waals surface area contributed by atoms with Crippen LogP contribution < -0.4 is 19.1 Å². The first-order valence-electron chi connectivity index (χ1n) is 13.1. The van der Waals surface area contributed by atoms with Crippen molar-refractivity contribution in [3.05, 3.63) is 53.6 Å². The van der Waals surface area contributed by atoms with Crippen molar-refractivity contribution in [1.29, 1.82) is 0 Å². The fourth-order valence-electron chi connectivity index (χ4n) is 5.03. The van der Waals surface area contributed by atoms with Gasteiger partial charge in [0.25, 0.3) is 0 Å². The molecule has 0 radical (unpaired) electrons. The smallest absolute Gasteiger partial charge is 0.242 e. The van der Waals surface area contributed by atoms with Gasteiger partial charge in [-0.25, -0.2) is 8.42 Å². The Kier molecular flexibility index (Phi) is 8.81. The molecule has 1 aliphatic heterocycles. The van der Waals surface area contributed by atoms with Gasteiger partial charge in [-0.2, -0.15) is 0 Å². The lowest BCUT2D eigenvalue weighted by atomic mass is 10.1. The van der Waals surface area contributed by atoms with Crippen molar-refractivity contribution >= 4 is 27.5 Å². The highest BCUT2D eigenvalue weighted by molar-refractivity contribution is 7.92. The predicted molar refractivity (Wildman–Crippen MR) is 146 cm³/mol. The molecule has 1 fully saturated rings. The number of nitrogens with zero attached hydrogens (tertiary/aromatic N) is 2. The molecule has 0 bridgehead atoms. The summed E-state index contributed by atoms with van der Waals surface area (Å²) in [6.07, 6.45) is 5.66. The van der Waals surface area contributed by atoms with Crippen LogP contribution in [-0.4, -0.2) is 56.8 Å². The second-order valence-electron chi connectivity index (χ2n) is 10.2. The van der Waals surface area contributed by atoms with Crippen LogP contribution >= 0.6 is 0 Å². The molecule has 2 aromatic rings. The van der Waals surface area contributed by atoms with Gasteiger partial charge >= 0.3 is 0 Å². The van der Waals surface area contributed by atoms with Crippen LogP contribution in [0.5, 0.6) is 11.5 Å².